The SMILES string of the molecule is CC(C)C(Oc1ccccc1C#N)C(=O)OCCN1CCOC1=O. The van der Waals surface area contributed by atoms with E-state index in [-0.39, 0.29) is 19.1 Å². The van der Waals surface area contributed by atoms with Gasteiger partial charge in [-0.25, -0.2) is 9.59 Å². The molecule has 1 amide bonds. The van der Waals surface area contributed by atoms with Crippen molar-refractivity contribution in [2.24, 2.45) is 5.92 Å². The Morgan fingerprint density at radius 2 is 2.17 bits per heavy atom. The van der Waals surface area contributed by atoms with Crippen LogP contribution in [-0.2, 0) is 14.3 Å². The Hall–Kier alpha value is -2.75. The van der Waals surface area contributed by atoms with Crippen LogP contribution in [0.25, 0.3) is 0 Å². The van der Waals surface area contributed by atoms with Gasteiger partial charge in [-0.3, -0.25) is 0 Å². The molecular formula is C17H20N2O5. The molecule has 128 valence electrons. The minimum atomic E-state index is -0.829. The van der Waals surface area contributed by atoms with Gasteiger partial charge in [0.1, 0.15) is 25.0 Å². The summed E-state index contributed by atoms with van der Waals surface area (Å²) >= 11 is 0. The molecule has 1 fully saturated rings. The lowest BCUT2D eigenvalue weighted by Crippen LogP contribution is -2.36. The summed E-state index contributed by atoms with van der Waals surface area (Å²) in [7, 11) is 0. The Bertz CT molecular complexity index is 638. The summed E-state index contributed by atoms with van der Waals surface area (Å²) in [5, 5.41) is 9.10. The molecule has 0 bridgehead atoms. The molecule has 24 heavy (non-hydrogen) atoms. The zero-order valence-corrected chi connectivity index (χ0v) is 13.7. The van der Waals surface area contributed by atoms with E-state index >= 15 is 0 Å². The molecule has 0 N–H and O–H groups in total. The van der Waals surface area contributed by atoms with Crippen LogP contribution in [0.5, 0.6) is 5.75 Å². The summed E-state index contributed by atoms with van der Waals surface area (Å²) in [5.74, 6) is -0.315. The molecule has 0 aromatic heterocycles. The van der Waals surface area contributed by atoms with Crippen LogP contribution in [0.15, 0.2) is 24.3 Å². The molecule has 1 aliphatic heterocycles. The lowest BCUT2D eigenvalue weighted by atomic mass is 10.1. The van der Waals surface area contributed by atoms with Crippen molar-refractivity contribution in [2.75, 3.05) is 26.3 Å². The molecule has 0 aliphatic carbocycles. The highest BCUT2D eigenvalue weighted by Gasteiger charge is 2.28. The molecule has 1 unspecified atom stereocenters. The van der Waals surface area contributed by atoms with Crippen LogP contribution in [-0.4, -0.2) is 49.4 Å². The first-order valence-corrected chi connectivity index (χ1v) is 7.77. The number of carbonyl (C=O) groups is 2. The van der Waals surface area contributed by atoms with E-state index in [9.17, 15) is 9.59 Å². The number of ether oxygens (including phenoxy) is 3. The minimum absolute atomic E-state index is 0.0699. The maximum absolute atomic E-state index is 12.3. The number of hydrogen-bond donors (Lipinski definition) is 0. The molecule has 0 saturated carbocycles. The van der Waals surface area contributed by atoms with Gasteiger partial charge in [-0.05, 0) is 12.1 Å². The number of carbonyl (C=O) groups excluding carboxylic acids is 2. The highest BCUT2D eigenvalue weighted by atomic mass is 16.6. The van der Waals surface area contributed by atoms with Gasteiger partial charge in [-0.2, -0.15) is 5.26 Å². The second kappa shape index (κ2) is 8.20. The first kappa shape index (κ1) is 17.6. The van der Waals surface area contributed by atoms with Gasteiger partial charge < -0.3 is 19.1 Å². The van der Waals surface area contributed by atoms with Crippen LogP contribution in [0, 0.1) is 17.2 Å². The van der Waals surface area contributed by atoms with Crippen molar-refractivity contribution in [1.82, 2.24) is 4.90 Å². The van der Waals surface area contributed by atoms with Crippen LogP contribution in [0.1, 0.15) is 19.4 Å². The first-order valence-electron chi connectivity index (χ1n) is 7.77. The third-order valence-corrected chi connectivity index (χ3v) is 3.55. The molecule has 1 heterocycles. The van der Waals surface area contributed by atoms with Crippen molar-refractivity contribution >= 4 is 12.1 Å². The largest absolute Gasteiger partial charge is 0.477 e. The average molecular weight is 332 g/mol. The van der Waals surface area contributed by atoms with Crippen LogP contribution < -0.4 is 4.74 Å². The average Bonchev–Trinajstić information content (AvgIpc) is 2.97. The number of nitriles is 1. The number of amides is 1. The molecular weight excluding hydrogens is 312 g/mol. The standard InChI is InChI=1S/C17H20N2O5/c1-12(2)15(24-14-6-4-3-5-13(14)11-18)16(20)22-9-7-19-8-10-23-17(19)21/h3-6,12,15H,7-10H2,1-2H3. The van der Waals surface area contributed by atoms with E-state index in [1.54, 1.807) is 24.3 Å². The van der Waals surface area contributed by atoms with Crippen molar-refractivity contribution in [2.45, 2.75) is 20.0 Å². The molecule has 1 aromatic carbocycles. The summed E-state index contributed by atoms with van der Waals surface area (Å²) in [6.07, 6.45) is -1.23. The van der Waals surface area contributed by atoms with Gasteiger partial charge >= 0.3 is 12.1 Å². The van der Waals surface area contributed by atoms with Crippen molar-refractivity contribution in [1.29, 1.82) is 5.26 Å². The molecule has 1 aliphatic rings. The molecule has 7 nitrogen and oxygen atoms in total. The van der Waals surface area contributed by atoms with E-state index in [0.717, 1.165) is 0 Å². The van der Waals surface area contributed by atoms with Gasteiger partial charge in [-0.1, -0.05) is 26.0 Å². The third-order valence-electron chi connectivity index (χ3n) is 3.55. The Morgan fingerprint density at radius 1 is 1.42 bits per heavy atom. The second-order valence-corrected chi connectivity index (χ2v) is 5.66. The molecule has 0 radical (unpaired) electrons. The minimum Gasteiger partial charge on any atom is -0.477 e. The van der Waals surface area contributed by atoms with Crippen LogP contribution in [0.3, 0.4) is 0 Å². The van der Waals surface area contributed by atoms with Crippen molar-refractivity contribution in [3.8, 4) is 11.8 Å². The lowest BCUT2D eigenvalue weighted by Gasteiger charge is -2.22. The summed E-state index contributed by atoms with van der Waals surface area (Å²) in [6, 6.07) is 8.75. The smallest absolute Gasteiger partial charge is 0.410 e. The summed E-state index contributed by atoms with van der Waals surface area (Å²) < 4.78 is 15.7. The molecule has 1 saturated heterocycles. The summed E-state index contributed by atoms with van der Waals surface area (Å²) in [5.41, 5.74) is 0.357. The van der Waals surface area contributed by atoms with E-state index in [2.05, 4.69) is 0 Å². The number of para-hydroxylation sites is 1. The van der Waals surface area contributed by atoms with Crippen LogP contribution in [0.4, 0.5) is 4.79 Å². The predicted octanol–water partition coefficient (Wildman–Crippen LogP) is 1.96. The maximum atomic E-state index is 12.3. The molecule has 7 heteroatoms. The Labute approximate surface area is 140 Å². The Balaban J connectivity index is 1.93. The van der Waals surface area contributed by atoms with E-state index < -0.39 is 18.2 Å². The van der Waals surface area contributed by atoms with Crippen molar-refractivity contribution in [3.63, 3.8) is 0 Å². The predicted molar refractivity (Wildman–Crippen MR) is 84.3 cm³/mol. The molecule has 2 rings (SSSR count). The van der Waals surface area contributed by atoms with Crippen LogP contribution in [0.2, 0.25) is 0 Å². The topological polar surface area (TPSA) is 88.9 Å². The number of benzene rings is 1. The van der Waals surface area contributed by atoms with E-state index in [4.69, 9.17) is 19.5 Å². The van der Waals surface area contributed by atoms with Gasteiger partial charge in [-0.15, -0.1) is 0 Å². The highest BCUT2D eigenvalue weighted by molar-refractivity contribution is 5.75. The molecule has 1 atom stereocenters. The normalized spacial score (nSPS) is 14.9. The number of hydrogen-bond acceptors (Lipinski definition) is 6. The lowest BCUT2D eigenvalue weighted by molar-refractivity contribution is -0.154. The van der Waals surface area contributed by atoms with Gasteiger partial charge in [0.25, 0.3) is 0 Å². The fourth-order valence-electron chi connectivity index (χ4n) is 2.22. The third kappa shape index (κ3) is 4.38. The van der Waals surface area contributed by atoms with E-state index in [1.165, 1.54) is 4.90 Å². The van der Waals surface area contributed by atoms with E-state index in [0.29, 0.717) is 24.5 Å². The van der Waals surface area contributed by atoms with Crippen molar-refractivity contribution < 1.29 is 23.8 Å². The van der Waals surface area contributed by atoms with Crippen molar-refractivity contribution in [3.05, 3.63) is 29.8 Å². The summed E-state index contributed by atoms with van der Waals surface area (Å²) in [4.78, 5) is 25.1. The fourth-order valence-corrected chi connectivity index (χ4v) is 2.22. The maximum Gasteiger partial charge on any atom is 0.410 e. The van der Waals surface area contributed by atoms with E-state index in [1.807, 2.05) is 19.9 Å². The number of esters is 1. The molecule has 0 spiro atoms. The first-order chi connectivity index (χ1) is 11.5. The molecule has 1 aromatic rings. The monoisotopic (exact) mass is 332 g/mol. The van der Waals surface area contributed by atoms with Gasteiger partial charge in [0.05, 0.1) is 18.7 Å². The van der Waals surface area contributed by atoms with Gasteiger partial charge in [0.15, 0.2) is 6.10 Å². The zero-order chi connectivity index (χ0) is 17.5. The fraction of sp³-hybridized carbons (Fsp3) is 0.471. The van der Waals surface area contributed by atoms with Crippen LogP contribution >= 0.6 is 0 Å². The van der Waals surface area contributed by atoms with Gasteiger partial charge in [0.2, 0.25) is 0 Å². The quantitative estimate of drug-likeness (QED) is 0.709. The highest BCUT2D eigenvalue weighted by Crippen LogP contribution is 2.21. The zero-order valence-electron chi connectivity index (χ0n) is 13.7. The Kier molecular flexibility index (Phi) is 6.01. The second-order valence-electron chi connectivity index (χ2n) is 5.66. The Morgan fingerprint density at radius 3 is 2.79 bits per heavy atom. The number of nitrogens with zero attached hydrogens (tertiary/aromatic N) is 2. The number of cyclic esters (lactones) is 1. The van der Waals surface area contributed by atoms with Gasteiger partial charge in [0, 0.05) is 5.92 Å². The number of rotatable bonds is 7. The summed E-state index contributed by atoms with van der Waals surface area (Å²) in [6.45, 7) is 4.87.